The van der Waals surface area contributed by atoms with Crippen LogP contribution in [0.15, 0.2) is 41.3 Å². The monoisotopic (exact) mass is 430 g/mol. The van der Waals surface area contributed by atoms with Gasteiger partial charge in [0.05, 0.1) is 11.7 Å². The van der Waals surface area contributed by atoms with Crippen LogP contribution in [-0.4, -0.2) is 46.5 Å². The molecule has 1 fully saturated rings. The van der Waals surface area contributed by atoms with Crippen LogP contribution in [0.2, 0.25) is 5.02 Å². The van der Waals surface area contributed by atoms with E-state index >= 15 is 0 Å². The molecule has 156 valence electrons. The zero-order valence-corrected chi connectivity index (χ0v) is 17.2. The molecule has 1 aliphatic rings. The number of nitrogens with one attached hydrogen (secondary N) is 2. The minimum Gasteiger partial charge on any atom is -0.486 e. The Kier molecular flexibility index (Phi) is 5.44. The summed E-state index contributed by atoms with van der Waals surface area (Å²) in [5, 5.41) is 3.09. The van der Waals surface area contributed by atoms with Gasteiger partial charge in [0.25, 0.3) is 11.5 Å². The zero-order valence-electron chi connectivity index (χ0n) is 16.4. The van der Waals surface area contributed by atoms with Crippen molar-refractivity contribution in [1.82, 2.24) is 20.2 Å². The molecular formula is C21H20ClFN4O3. The van der Waals surface area contributed by atoms with Crippen molar-refractivity contribution >= 4 is 28.4 Å². The highest BCUT2D eigenvalue weighted by atomic mass is 35.5. The SMILES string of the molecule is CNC(=O)c1ccc(O[C@H]2CN(Cc3ccc4cc(Cl)c(=O)[nH]c4c3F)[C@@H]2C)cn1. The Balaban J connectivity index is 1.42. The number of likely N-dealkylation sites (tertiary alicyclic amines) is 1. The molecule has 1 amide bonds. The maximum absolute atomic E-state index is 14.9. The third-order valence-electron chi connectivity index (χ3n) is 5.38. The molecule has 0 aliphatic carbocycles. The number of H-pyrrole nitrogens is 1. The summed E-state index contributed by atoms with van der Waals surface area (Å²) < 4.78 is 20.8. The van der Waals surface area contributed by atoms with Crippen molar-refractivity contribution in [2.24, 2.45) is 0 Å². The maximum Gasteiger partial charge on any atom is 0.269 e. The molecule has 0 saturated carbocycles. The topological polar surface area (TPSA) is 87.3 Å². The van der Waals surface area contributed by atoms with Crippen LogP contribution in [0.3, 0.4) is 0 Å². The van der Waals surface area contributed by atoms with E-state index in [-0.39, 0.29) is 28.6 Å². The second-order valence-corrected chi connectivity index (χ2v) is 7.64. The second-order valence-electron chi connectivity index (χ2n) is 7.23. The highest BCUT2D eigenvalue weighted by Gasteiger charge is 2.37. The number of benzene rings is 1. The molecule has 9 heteroatoms. The lowest BCUT2D eigenvalue weighted by Crippen LogP contribution is -2.60. The Labute approximate surface area is 176 Å². The number of ether oxygens (including phenoxy) is 1. The smallest absolute Gasteiger partial charge is 0.269 e. The summed E-state index contributed by atoms with van der Waals surface area (Å²) in [7, 11) is 1.55. The van der Waals surface area contributed by atoms with E-state index in [1.807, 2.05) is 6.92 Å². The molecule has 2 atom stereocenters. The zero-order chi connectivity index (χ0) is 21.4. The number of halogens is 2. The summed E-state index contributed by atoms with van der Waals surface area (Å²) in [6, 6.07) is 8.28. The van der Waals surface area contributed by atoms with Gasteiger partial charge < -0.3 is 15.0 Å². The van der Waals surface area contributed by atoms with Gasteiger partial charge in [0.15, 0.2) is 5.82 Å². The largest absolute Gasteiger partial charge is 0.486 e. The average molecular weight is 431 g/mol. The lowest BCUT2D eigenvalue weighted by Gasteiger charge is -2.45. The third kappa shape index (κ3) is 3.76. The average Bonchev–Trinajstić information content (AvgIpc) is 2.75. The van der Waals surface area contributed by atoms with Crippen LogP contribution in [0.25, 0.3) is 10.9 Å². The van der Waals surface area contributed by atoms with Crippen LogP contribution in [-0.2, 0) is 6.54 Å². The van der Waals surface area contributed by atoms with E-state index in [1.54, 1.807) is 31.3 Å². The summed E-state index contributed by atoms with van der Waals surface area (Å²) in [6.45, 7) is 3.01. The predicted molar refractivity (Wildman–Crippen MR) is 111 cm³/mol. The minimum atomic E-state index is -0.512. The van der Waals surface area contributed by atoms with Crippen molar-refractivity contribution in [3.05, 3.63) is 69.0 Å². The van der Waals surface area contributed by atoms with Crippen molar-refractivity contribution in [2.45, 2.75) is 25.6 Å². The van der Waals surface area contributed by atoms with E-state index in [0.29, 0.717) is 35.5 Å². The van der Waals surface area contributed by atoms with E-state index in [9.17, 15) is 14.0 Å². The van der Waals surface area contributed by atoms with E-state index < -0.39 is 11.4 Å². The Bertz CT molecular complexity index is 1170. The third-order valence-corrected chi connectivity index (χ3v) is 5.66. The van der Waals surface area contributed by atoms with Crippen LogP contribution in [0.4, 0.5) is 4.39 Å². The van der Waals surface area contributed by atoms with Gasteiger partial charge >= 0.3 is 0 Å². The molecule has 1 aromatic carbocycles. The number of hydrogen-bond acceptors (Lipinski definition) is 5. The van der Waals surface area contributed by atoms with Crippen LogP contribution < -0.4 is 15.6 Å². The van der Waals surface area contributed by atoms with Gasteiger partial charge in [0.2, 0.25) is 0 Å². The lowest BCUT2D eigenvalue weighted by molar-refractivity contribution is -0.0419. The van der Waals surface area contributed by atoms with E-state index in [1.165, 1.54) is 12.3 Å². The molecule has 1 aliphatic heterocycles. The molecule has 7 nitrogen and oxygen atoms in total. The summed E-state index contributed by atoms with van der Waals surface area (Å²) in [5.41, 5.74) is 0.453. The minimum absolute atomic E-state index is 0.0313. The molecular weight excluding hydrogens is 411 g/mol. The van der Waals surface area contributed by atoms with Crippen molar-refractivity contribution in [1.29, 1.82) is 0 Å². The van der Waals surface area contributed by atoms with Crippen LogP contribution in [0, 0.1) is 5.82 Å². The first-order valence-electron chi connectivity index (χ1n) is 9.46. The molecule has 30 heavy (non-hydrogen) atoms. The Morgan fingerprint density at radius 2 is 2.20 bits per heavy atom. The van der Waals surface area contributed by atoms with Crippen LogP contribution in [0.5, 0.6) is 5.75 Å². The Morgan fingerprint density at radius 3 is 2.87 bits per heavy atom. The van der Waals surface area contributed by atoms with Crippen LogP contribution >= 0.6 is 11.6 Å². The van der Waals surface area contributed by atoms with Crippen LogP contribution in [0.1, 0.15) is 23.0 Å². The van der Waals surface area contributed by atoms with Gasteiger partial charge in [-0.2, -0.15) is 0 Å². The van der Waals surface area contributed by atoms with Gasteiger partial charge in [0, 0.05) is 37.1 Å². The van der Waals surface area contributed by atoms with Gasteiger partial charge in [-0.1, -0.05) is 23.7 Å². The number of aromatic amines is 1. The Hall–Kier alpha value is -2.97. The molecule has 3 heterocycles. The highest BCUT2D eigenvalue weighted by Crippen LogP contribution is 2.28. The number of carbonyl (C=O) groups excluding carboxylic acids is 1. The van der Waals surface area contributed by atoms with Gasteiger partial charge in [-0.15, -0.1) is 0 Å². The predicted octanol–water partition coefficient (Wildman–Crippen LogP) is 2.73. The highest BCUT2D eigenvalue weighted by molar-refractivity contribution is 6.31. The van der Waals surface area contributed by atoms with Crippen molar-refractivity contribution < 1.29 is 13.9 Å². The fraction of sp³-hybridized carbons (Fsp3) is 0.286. The summed E-state index contributed by atoms with van der Waals surface area (Å²) in [4.78, 5) is 31.9. The lowest BCUT2D eigenvalue weighted by atomic mass is 9.99. The van der Waals surface area contributed by atoms with Crippen molar-refractivity contribution in [2.75, 3.05) is 13.6 Å². The molecule has 1 saturated heterocycles. The Morgan fingerprint density at radius 1 is 1.40 bits per heavy atom. The standard InChI is InChI=1S/C21H20ClFN4O3/c1-11-17(30-14-5-6-16(25-8-14)21(29)24-2)10-27(11)9-13-4-3-12-7-15(22)20(28)26-19(12)18(13)23/h3-8,11,17H,9-10H2,1-2H3,(H,24,29)(H,26,28)/t11-,17+/m1/s1. The molecule has 0 bridgehead atoms. The number of fused-ring (bicyclic) bond motifs is 1. The van der Waals surface area contributed by atoms with Gasteiger partial charge in [-0.05, 0) is 25.1 Å². The quantitative estimate of drug-likeness (QED) is 0.650. The molecule has 2 N–H and O–H groups in total. The number of carbonyl (C=O) groups is 1. The van der Waals surface area contributed by atoms with E-state index in [4.69, 9.17) is 16.3 Å². The molecule has 0 radical (unpaired) electrons. The fourth-order valence-electron chi connectivity index (χ4n) is 3.48. The molecule has 4 rings (SSSR count). The molecule has 3 aromatic rings. The molecule has 0 unspecified atom stereocenters. The fourth-order valence-corrected chi connectivity index (χ4v) is 3.64. The number of hydrogen-bond donors (Lipinski definition) is 2. The number of amides is 1. The van der Waals surface area contributed by atoms with Crippen molar-refractivity contribution in [3.8, 4) is 5.75 Å². The number of aromatic nitrogens is 2. The second kappa shape index (κ2) is 8.04. The summed E-state index contributed by atoms with van der Waals surface area (Å²) in [5.74, 6) is -0.136. The molecule has 2 aromatic heterocycles. The maximum atomic E-state index is 14.9. The van der Waals surface area contributed by atoms with E-state index in [0.717, 1.165) is 0 Å². The number of pyridine rings is 2. The first-order chi connectivity index (χ1) is 14.4. The summed E-state index contributed by atoms with van der Waals surface area (Å²) in [6.07, 6.45) is 1.45. The van der Waals surface area contributed by atoms with Crippen molar-refractivity contribution in [3.63, 3.8) is 0 Å². The van der Waals surface area contributed by atoms with Gasteiger partial charge in [-0.3, -0.25) is 14.5 Å². The number of nitrogens with zero attached hydrogens (tertiary/aromatic N) is 2. The van der Waals surface area contributed by atoms with Gasteiger partial charge in [-0.25, -0.2) is 9.37 Å². The first-order valence-corrected chi connectivity index (χ1v) is 9.84. The normalized spacial score (nSPS) is 18.8. The first kappa shape index (κ1) is 20.3. The number of rotatable bonds is 5. The molecule has 0 spiro atoms. The van der Waals surface area contributed by atoms with Gasteiger partial charge in [0.1, 0.15) is 22.6 Å². The summed E-state index contributed by atoms with van der Waals surface area (Å²) >= 11 is 5.82. The van der Waals surface area contributed by atoms with E-state index in [2.05, 4.69) is 20.2 Å².